The highest BCUT2D eigenvalue weighted by Crippen LogP contribution is 2.14. The average Bonchev–Trinajstić information content (AvgIpc) is 2.19. The predicted molar refractivity (Wildman–Crippen MR) is 59.1 cm³/mol. The van der Waals surface area contributed by atoms with E-state index in [4.69, 9.17) is 0 Å². The third kappa shape index (κ3) is 2.94. The quantitative estimate of drug-likeness (QED) is 0.693. The number of hydrogen-bond donors (Lipinski definition) is 1. The number of rotatable bonds is 4. The largest absolute Gasteiger partial charge is 0.381 e. The SMILES string of the molecule is C/C=C/CNc1ccccc1CC. The molecule has 0 unspecified atom stereocenters. The van der Waals surface area contributed by atoms with Gasteiger partial charge in [-0.2, -0.15) is 0 Å². The Hall–Kier alpha value is -1.24. The van der Waals surface area contributed by atoms with Gasteiger partial charge in [0.2, 0.25) is 0 Å². The molecule has 0 aliphatic rings. The van der Waals surface area contributed by atoms with E-state index in [-0.39, 0.29) is 0 Å². The lowest BCUT2D eigenvalue weighted by atomic mass is 10.1. The highest BCUT2D eigenvalue weighted by Gasteiger charge is 1.95. The third-order valence-corrected chi connectivity index (χ3v) is 2.04. The summed E-state index contributed by atoms with van der Waals surface area (Å²) < 4.78 is 0. The molecule has 0 aliphatic heterocycles. The van der Waals surface area contributed by atoms with E-state index in [1.54, 1.807) is 0 Å². The van der Waals surface area contributed by atoms with Crippen LogP contribution in [0.1, 0.15) is 19.4 Å². The summed E-state index contributed by atoms with van der Waals surface area (Å²) in [6, 6.07) is 8.44. The van der Waals surface area contributed by atoms with E-state index in [9.17, 15) is 0 Å². The summed E-state index contributed by atoms with van der Waals surface area (Å²) in [6.45, 7) is 5.12. The van der Waals surface area contributed by atoms with Gasteiger partial charge in [0.15, 0.2) is 0 Å². The van der Waals surface area contributed by atoms with Gasteiger partial charge in [0, 0.05) is 12.2 Å². The zero-order valence-electron chi connectivity index (χ0n) is 8.38. The van der Waals surface area contributed by atoms with E-state index < -0.39 is 0 Å². The lowest BCUT2D eigenvalue weighted by Gasteiger charge is -2.08. The highest BCUT2D eigenvalue weighted by atomic mass is 14.9. The summed E-state index contributed by atoms with van der Waals surface area (Å²) in [6.07, 6.45) is 5.26. The van der Waals surface area contributed by atoms with Crippen molar-refractivity contribution in [3.8, 4) is 0 Å². The van der Waals surface area contributed by atoms with Crippen molar-refractivity contribution in [2.45, 2.75) is 20.3 Å². The molecule has 0 radical (unpaired) electrons. The van der Waals surface area contributed by atoms with Crippen LogP contribution in [0.3, 0.4) is 0 Å². The molecule has 0 aromatic heterocycles. The first kappa shape index (κ1) is 9.85. The maximum absolute atomic E-state index is 3.38. The van der Waals surface area contributed by atoms with E-state index >= 15 is 0 Å². The van der Waals surface area contributed by atoms with Crippen LogP contribution in [-0.2, 0) is 6.42 Å². The van der Waals surface area contributed by atoms with Crippen LogP contribution >= 0.6 is 0 Å². The summed E-state index contributed by atoms with van der Waals surface area (Å²) in [4.78, 5) is 0. The van der Waals surface area contributed by atoms with Crippen LogP contribution in [0.15, 0.2) is 36.4 Å². The van der Waals surface area contributed by atoms with Crippen LogP contribution in [0.5, 0.6) is 0 Å². The number of allylic oxidation sites excluding steroid dienone is 1. The van der Waals surface area contributed by atoms with Gasteiger partial charge in [-0.3, -0.25) is 0 Å². The number of para-hydroxylation sites is 1. The first-order valence-corrected chi connectivity index (χ1v) is 4.81. The van der Waals surface area contributed by atoms with Gasteiger partial charge in [0.1, 0.15) is 0 Å². The molecule has 0 atom stereocenters. The fourth-order valence-corrected chi connectivity index (χ4v) is 1.29. The maximum atomic E-state index is 3.38. The van der Waals surface area contributed by atoms with E-state index in [0.717, 1.165) is 13.0 Å². The Morgan fingerprint density at radius 1 is 1.31 bits per heavy atom. The van der Waals surface area contributed by atoms with Crippen molar-refractivity contribution in [1.29, 1.82) is 0 Å². The van der Waals surface area contributed by atoms with Crippen molar-refractivity contribution >= 4 is 5.69 Å². The van der Waals surface area contributed by atoms with Crippen molar-refractivity contribution in [3.05, 3.63) is 42.0 Å². The first-order chi connectivity index (χ1) is 6.38. The molecule has 1 aromatic rings. The van der Waals surface area contributed by atoms with E-state index in [1.807, 2.05) is 6.92 Å². The van der Waals surface area contributed by atoms with Gasteiger partial charge < -0.3 is 5.32 Å². The number of hydrogen-bond acceptors (Lipinski definition) is 1. The lowest BCUT2D eigenvalue weighted by molar-refractivity contribution is 1.13. The second-order valence-electron chi connectivity index (χ2n) is 2.96. The van der Waals surface area contributed by atoms with Crippen LogP contribution < -0.4 is 5.32 Å². The van der Waals surface area contributed by atoms with Gasteiger partial charge in [-0.1, -0.05) is 37.3 Å². The Morgan fingerprint density at radius 3 is 2.77 bits per heavy atom. The Balaban J connectivity index is 2.64. The molecule has 1 heteroatoms. The highest BCUT2D eigenvalue weighted by molar-refractivity contribution is 5.51. The van der Waals surface area contributed by atoms with Crippen molar-refractivity contribution in [2.75, 3.05) is 11.9 Å². The molecule has 0 amide bonds. The molecule has 0 bridgehead atoms. The van der Waals surface area contributed by atoms with Crippen LogP contribution in [-0.4, -0.2) is 6.54 Å². The number of anilines is 1. The molecule has 0 aliphatic carbocycles. The van der Waals surface area contributed by atoms with Crippen LogP contribution in [0.2, 0.25) is 0 Å². The van der Waals surface area contributed by atoms with Gasteiger partial charge in [-0.15, -0.1) is 0 Å². The van der Waals surface area contributed by atoms with Crippen LogP contribution in [0.25, 0.3) is 0 Å². The van der Waals surface area contributed by atoms with E-state index in [1.165, 1.54) is 11.3 Å². The van der Waals surface area contributed by atoms with E-state index in [0.29, 0.717) is 0 Å². The molecule has 1 rings (SSSR count). The summed E-state index contributed by atoms with van der Waals surface area (Å²) in [5, 5.41) is 3.38. The summed E-state index contributed by atoms with van der Waals surface area (Å²) in [5.74, 6) is 0. The minimum Gasteiger partial charge on any atom is -0.381 e. The molecule has 70 valence electrons. The normalized spacial score (nSPS) is 10.6. The van der Waals surface area contributed by atoms with Crippen LogP contribution in [0.4, 0.5) is 5.69 Å². The molecule has 0 saturated carbocycles. The molecule has 13 heavy (non-hydrogen) atoms. The van der Waals surface area contributed by atoms with Gasteiger partial charge in [0.25, 0.3) is 0 Å². The monoisotopic (exact) mass is 175 g/mol. The van der Waals surface area contributed by atoms with Crippen molar-refractivity contribution < 1.29 is 0 Å². The van der Waals surface area contributed by atoms with Gasteiger partial charge in [0.05, 0.1) is 0 Å². The Bertz CT molecular complexity index is 276. The lowest BCUT2D eigenvalue weighted by Crippen LogP contribution is -2.00. The summed E-state index contributed by atoms with van der Waals surface area (Å²) in [5.41, 5.74) is 2.63. The molecule has 0 heterocycles. The number of benzene rings is 1. The number of nitrogens with one attached hydrogen (secondary N) is 1. The van der Waals surface area contributed by atoms with Crippen LogP contribution in [0, 0.1) is 0 Å². The maximum Gasteiger partial charge on any atom is 0.0375 e. The van der Waals surface area contributed by atoms with Gasteiger partial charge >= 0.3 is 0 Å². The molecular formula is C12H17N. The fourth-order valence-electron chi connectivity index (χ4n) is 1.29. The Morgan fingerprint density at radius 2 is 2.08 bits per heavy atom. The minimum atomic E-state index is 0.910. The first-order valence-electron chi connectivity index (χ1n) is 4.81. The molecule has 0 saturated heterocycles. The second-order valence-corrected chi connectivity index (χ2v) is 2.96. The van der Waals surface area contributed by atoms with Gasteiger partial charge in [-0.05, 0) is 25.0 Å². The molecule has 0 spiro atoms. The fraction of sp³-hybridized carbons (Fsp3) is 0.333. The minimum absolute atomic E-state index is 0.910. The van der Waals surface area contributed by atoms with Crippen molar-refractivity contribution in [1.82, 2.24) is 0 Å². The second kappa shape index (κ2) is 5.41. The molecule has 0 fully saturated rings. The van der Waals surface area contributed by atoms with E-state index in [2.05, 4.69) is 48.7 Å². The third-order valence-electron chi connectivity index (χ3n) is 2.04. The number of aryl methyl sites for hydroxylation is 1. The predicted octanol–water partition coefficient (Wildman–Crippen LogP) is 3.24. The summed E-state index contributed by atoms with van der Waals surface area (Å²) in [7, 11) is 0. The molecule has 1 aromatic carbocycles. The Labute approximate surface area is 80.5 Å². The Kier molecular flexibility index (Phi) is 4.10. The average molecular weight is 175 g/mol. The molecule has 1 N–H and O–H groups in total. The smallest absolute Gasteiger partial charge is 0.0375 e. The summed E-state index contributed by atoms with van der Waals surface area (Å²) >= 11 is 0. The molecular weight excluding hydrogens is 158 g/mol. The van der Waals surface area contributed by atoms with Crippen molar-refractivity contribution in [2.24, 2.45) is 0 Å². The zero-order valence-corrected chi connectivity index (χ0v) is 8.38. The molecule has 1 nitrogen and oxygen atoms in total. The van der Waals surface area contributed by atoms with Gasteiger partial charge in [-0.25, -0.2) is 0 Å². The van der Waals surface area contributed by atoms with Crippen molar-refractivity contribution in [3.63, 3.8) is 0 Å². The standard InChI is InChI=1S/C12H17N/c1-3-5-10-13-12-9-7-6-8-11(12)4-2/h3,5-9,13H,4,10H2,1-2H3/b5-3+. The zero-order chi connectivity index (χ0) is 9.52. The topological polar surface area (TPSA) is 12.0 Å².